The molecule has 0 saturated carbocycles. The molecular formula is C14H16N2O. The van der Waals surface area contributed by atoms with Crippen LogP contribution >= 0.6 is 0 Å². The summed E-state index contributed by atoms with van der Waals surface area (Å²) in [5.41, 5.74) is 3.46. The Morgan fingerprint density at radius 3 is 2.88 bits per heavy atom. The van der Waals surface area contributed by atoms with Gasteiger partial charge < -0.3 is 10.1 Å². The number of ether oxygens (including phenoxy) is 1. The summed E-state index contributed by atoms with van der Waals surface area (Å²) in [4.78, 5) is 4.09. The van der Waals surface area contributed by atoms with Crippen molar-refractivity contribution in [3.8, 4) is 5.75 Å². The highest BCUT2D eigenvalue weighted by Gasteiger charge is 2.00. The van der Waals surface area contributed by atoms with Crippen LogP contribution in [0.25, 0.3) is 0 Å². The first-order valence-corrected chi connectivity index (χ1v) is 5.57. The summed E-state index contributed by atoms with van der Waals surface area (Å²) in [7, 11) is 1.68. The van der Waals surface area contributed by atoms with Crippen molar-refractivity contribution in [2.45, 2.75) is 13.5 Å². The monoisotopic (exact) mass is 228 g/mol. The molecule has 0 spiro atoms. The summed E-state index contributed by atoms with van der Waals surface area (Å²) in [5.74, 6) is 0.865. The molecular weight excluding hydrogens is 212 g/mol. The van der Waals surface area contributed by atoms with E-state index in [1.165, 1.54) is 5.56 Å². The molecule has 0 unspecified atom stereocenters. The molecule has 0 aliphatic carbocycles. The summed E-state index contributed by atoms with van der Waals surface area (Å²) in [6, 6.07) is 10.0. The summed E-state index contributed by atoms with van der Waals surface area (Å²) in [6.45, 7) is 2.84. The van der Waals surface area contributed by atoms with Crippen molar-refractivity contribution in [3.63, 3.8) is 0 Å². The van der Waals surface area contributed by atoms with E-state index in [2.05, 4.69) is 23.3 Å². The summed E-state index contributed by atoms with van der Waals surface area (Å²) >= 11 is 0. The Balaban J connectivity index is 2.08. The van der Waals surface area contributed by atoms with Gasteiger partial charge >= 0.3 is 0 Å². The Kier molecular flexibility index (Phi) is 3.60. The number of nitrogens with one attached hydrogen (secondary N) is 1. The molecule has 0 amide bonds. The molecule has 0 fully saturated rings. The van der Waals surface area contributed by atoms with Crippen LogP contribution in [0.4, 0.5) is 5.69 Å². The lowest BCUT2D eigenvalue weighted by atomic mass is 10.2. The van der Waals surface area contributed by atoms with Gasteiger partial charge in [-0.3, -0.25) is 4.98 Å². The van der Waals surface area contributed by atoms with Gasteiger partial charge in [0.15, 0.2) is 0 Å². The van der Waals surface area contributed by atoms with E-state index in [1.807, 2.05) is 30.5 Å². The van der Waals surface area contributed by atoms with Gasteiger partial charge in [0, 0.05) is 30.7 Å². The Labute approximate surface area is 101 Å². The first-order chi connectivity index (χ1) is 8.29. The number of pyridine rings is 1. The van der Waals surface area contributed by atoms with Gasteiger partial charge in [-0.05, 0) is 30.2 Å². The predicted molar refractivity (Wildman–Crippen MR) is 69.3 cm³/mol. The smallest absolute Gasteiger partial charge is 0.120 e. The van der Waals surface area contributed by atoms with Gasteiger partial charge in [-0.25, -0.2) is 0 Å². The Morgan fingerprint density at radius 2 is 2.18 bits per heavy atom. The van der Waals surface area contributed by atoms with Crippen molar-refractivity contribution in [2.75, 3.05) is 12.4 Å². The molecule has 0 atom stereocenters. The lowest BCUT2D eigenvalue weighted by Gasteiger charge is -2.11. The molecule has 0 bridgehead atoms. The fraction of sp³-hybridized carbons (Fsp3) is 0.214. The lowest BCUT2D eigenvalue weighted by molar-refractivity contribution is 0.415. The fourth-order valence-electron chi connectivity index (χ4n) is 1.62. The van der Waals surface area contributed by atoms with E-state index in [0.29, 0.717) is 0 Å². The first kappa shape index (κ1) is 11.5. The average Bonchev–Trinajstić information content (AvgIpc) is 2.39. The molecule has 0 radical (unpaired) electrons. The zero-order chi connectivity index (χ0) is 12.1. The van der Waals surface area contributed by atoms with Crippen molar-refractivity contribution in [1.82, 2.24) is 4.98 Å². The summed E-state index contributed by atoms with van der Waals surface area (Å²) in [5, 5.41) is 3.38. The van der Waals surface area contributed by atoms with Crippen molar-refractivity contribution in [1.29, 1.82) is 0 Å². The number of rotatable bonds is 4. The van der Waals surface area contributed by atoms with E-state index < -0.39 is 0 Å². The minimum absolute atomic E-state index is 0.766. The van der Waals surface area contributed by atoms with Crippen molar-refractivity contribution in [2.24, 2.45) is 0 Å². The molecule has 1 heterocycles. The first-order valence-electron chi connectivity index (χ1n) is 5.57. The predicted octanol–water partition coefficient (Wildman–Crippen LogP) is 3.01. The van der Waals surface area contributed by atoms with E-state index in [1.54, 1.807) is 13.3 Å². The molecule has 1 aromatic carbocycles. The van der Waals surface area contributed by atoms with E-state index in [9.17, 15) is 0 Å². The number of anilines is 1. The number of methoxy groups -OCH3 is 1. The molecule has 3 heteroatoms. The van der Waals surface area contributed by atoms with Crippen LogP contribution in [-0.2, 0) is 6.54 Å². The maximum atomic E-state index is 5.21. The van der Waals surface area contributed by atoms with Crippen LogP contribution in [0, 0.1) is 6.92 Å². The van der Waals surface area contributed by atoms with Crippen LogP contribution in [0.5, 0.6) is 5.75 Å². The van der Waals surface area contributed by atoms with Crippen LogP contribution in [0.1, 0.15) is 11.1 Å². The van der Waals surface area contributed by atoms with Gasteiger partial charge in [0.1, 0.15) is 5.75 Å². The van der Waals surface area contributed by atoms with E-state index >= 15 is 0 Å². The molecule has 3 nitrogen and oxygen atoms in total. The van der Waals surface area contributed by atoms with Crippen LogP contribution in [0.3, 0.4) is 0 Å². The average molecular weight is 228 g/mol. The Bertz CT molecular complexity index is 483. The van der Waals surface area contributed by atoms with Crippen molar-refractivity contribution in [3.05, 3.63) is 53.9 Å². The van der Waals surface area contributed by atoms with Crippen molar-refractivity contribution >= 4 is 5.69 Å². The third kappa shape index (κ3) is 2.97. The maximum Gasteiger partial charge on any atom is 0.120 e. The molecule has 17 heavy (non-hydrogen) atoms. The van der Waals surface area contributed by atoms with E-state index in [-0.39, 0.29) is 0 Å². The second kappa shape index (κ2) is 5.34. The van der Waals surface area contributed by atoms with Crippen LogP contribution < -0.4 is 10.1 Å². The van der Waals surface area contributed by atoms with Crippen LogP contribution in [0.15, 0.2) is 42.7 Å². The van der Waals surface area contributed by atoms with Crippen LogP contribution in [0.2, 0.25) is 0 Å². The van der Waals surface area contributed by atoms with E-state index in [4.69, 9.17) is 4.74 Å². The largest absolute Gasteiger partial charge is 0.497 e. The van der Waals surface area contributed by atoms with Gasteiger partial charge in [-0.2, -0.15) is 0 Å². The number of aryl methyl sites for hydroxylation is 1. The SMILES string of the molecule is COc1ccc(C)c(NCc2cccnc2)c1. The third-order valence-electron chi connectivity index (χ3n) is 2.65. The minimum Gasteiger partial charge on any atom is -0.497 e. The van der Waals surface area contributed by atoms with Crippen molar-refractivity contribution < 1.29 is 4.74 Å². The second-order valence-electron chi connectivity index (χ2n) is 3.90. The molecule has 0 aliphatic heterocycles. The Hall–Kier alpha value is -2.03. The quantitative estimate of drug-likeness (QED) is 0.873. The maximum absolute atomic E-state index is 5.21. The summed E-state index contributed by atoms with van der Waals surface area (Å²) < 4.78 is 5.21. The van der Waals surface area contributed by atoms with Gasteiger partial charge in [0.25, 0.3) is 0 Å². The Morgan fingerprint density at radius 1 is 1.29 bits per heavy atom. The minimum atomic E-state index is 0.766. The summed E-state index contributed by atoms with van der Waals surface area (Å²) in [6.07, 6.45) is 3.64. The fourth-order valence-corrected chi connectivity index (χ4v) is 1.62. The van der Waals surface area contributed by atoms with Gasteiger partial charge in [0.2, 0.25) is 0 Å². The third-order valence-corrected chi connectivity index (χ3v) is 2.65. The highest BCUT2D eigenvalue weighted by atomic mass is 16.5. The van der Waals surface area contributed by atoms with E-state index in [0.717, 1.165) is 23.5 Å². The molecule has 1 N–H and O–H groups in total. The highest BCUT2D eigenvalue weighted by Crippen LogP contribution is 2.22. The van der Waals surface area contributed by atoms with Gasteiger partial charge in [-0.15, -0.1) is 0 Å². The second-order valence-corrected chi connectivity index (χ2v) is 3.90. The number of hydrogen-bond acceptors (Lipinski definition) is 3. The number of nitrogens with zero attached hydrogens (tertiary/aromatic N) is 1. The molecule has 0 aliphatic rings. The molecule has 88 valence electrons. The topological polar surface area (TPSA) is 34.1 Å². The van der Waals surface area contributed by atoms with Crippen LogP contribution in [-0.4, -0.2) is 12.1 Å². The number of benzene rings is 1. The normalized spacial score (nSPS) is 10.0. The number of aromatic nitrogens is 1. The van der Waals surface area contributed by atoms with Gasteiger partial charge in [0.05, 0.1) is 7.11 Å². The molecule has 2 aromatic rings. The standard InChI is InChI=1S/C14H16N2O/c1-11-5-6-13(17-2)8-14(11)16-10-12-4-3-7-15-9-12/h3-9,16H,10H2,1-2H3. The molecule has 1 aromatic heterocycles. The highest BCUT2D eigenvalue weighted by molar-refractivity contribution is 5.54. The zero-order valence-electron chi connectivity index (χ0n) is 10.1. The molecule has 0 saturated heterocycles. The zero-order valence-corrected chi connectivity index (χ0v) is 10.1. The lowest BCUT2D eigenvalue weighted by Crippen LogP contribution is -2.01. The number of hydrogen-bond donors (Lipinski definition) is 1. The molecule has 2 rings (SSSR count). The van der Waals surface area contributed by atoms with Gasteiger partial charge in [-0.1, -0.05) is 12.1 Å².